The first-order chi connectivity index (χ1) is 5.90. The summed E-state index contributed by atoms with van der Waals surface area (Å²) in [6.45, 7) is 0.599. The molecule has 2 heterocycles. The second-order valence-electron chi connectivity index (χ2n) is 2.58. The maximum Gasteiger partial charge on any atom is 0.137 e. The zero-order chi connectivity index (χ0) is 8.39. The first kappa shape index (κ1) is 13.2. The highest BCUT2D eigenvalue weighted by atomic mass is 35.5. The highest BCUT2D eigenvalue weighted by Gasteiger charge is 1.97. The summed E-state index contributed by atoms with van der Waals surface area (Å²) < 4.78 is 1.96. The molecule has 0 unspecified atom stereocenters. The van der Waals surface area contributed by atoms with E-state index in [1.165, 1.54) is 0 Å². The minimum absolute atomic E-state index is 0. The number of rotatable bonds is 2. The van der Waals surface area contributed by atoms with Crippen LogP contribution in [-0.4, -0.2) is 9.38 Å². The molecule has 0 saturated carbocycles. The fraction of sp³-hybridized carbons (Fsp3) is 0.125. The van der Waals surface area contributed by atoms with Gasteiger partial charge in [-0.25, -0.2) is 4.98 Å². The lowest BCUT2D eigenvalue weighted by molar-refractivity contribution is 0.727. The van der Waals surface area contributed by atoms with E-state index in [1.807, 2.05) is 35.0 Å². The molecule has 0 aliphatic rings. The Morgan fingerprint density at radius 1 is 1.36 bits per heavy atom. The summed E-state index contributed by atoms with van der Waals surface area (Å²) in [7, 11) is 0. The fourth-order valence-electron chi connectivity index (χ4n) is 1.18. The normalized spacial score (nSPS) is 9.21. The van der Waals surface area contributed by atoms with Crippen LogP contribution in [-0.2, 0) is 6.54 Å². The predicted molar refractivity (Wildman–Crippen MR) is 60.7 cm³/mol. The van der Waals surface area contributed by atoms with Gasteiger partial charge in [0.05, 0.1) is 12.2 Å². The van der Waals surface area contributed by atoms with Crippen LogP contribution in [0, 0.1) is 0 Å². The summed E-state index contributed by atoms with van der Waals surface area (Å²) in [6.07, 6.45) is 3.91. The van der Waals surface area contributed by atoms with Crippen LogP contribution >= 0.6 is 24.8 Å². The molecule has 0 fully saturated rings. The van der Waals surface area contributed by atoms with Gasteiger partial charge < -0.3 is 4.40 Å². The minimum Gasteiger partial charge on any atom is -0.307 e. The van der Waals surface area contributed by atoms with Gasteiger partial charge in [0.1, 0.15) is 5.65 Å². The SMILES string of the molecule is Cl.Cl.NNCc1cn2ccccc2n1. The Balaban J connectivity index is 0.000000845. The van der Waals surface area contributed by atoms with Crippen LogP contribution in [0.2, 0.25) is 0 Å². The average Bonchev–Trinajstić information content (AvgIpc) is 2.47. The third-order valence-corrected chi connectivity index (χ3v) is 1.70. The predicted octanol–water partition coefficient (Wildman–Crippen LogP) is 1.14. The van der Waals surface area contributed by atoms with Crippen LogP contribution in [0.15, 0.2) is 30.6 Å². The number of imidazole rings is 1. The fourth-order valence-corrected chi connectivity index (χ4v) is 1.18. The quantitative estimate of drug-likeness (QED) is 0.606. The Morgan fingerprint density at radius 3 is 2.79 bits per heavy atom. The summed E-state index contributed by atoms with van der Waals surface area (Å²) in [5.41, 5.74) is 4.46. The monoisotopic (exact) mass is 234 g/mol. The summed E-state index contributed by atoms with van der Waals surface area (Å²) in [5.74, 6) is 5.18. The van der Waals surface area contributed by atoms with Crippen molar-refractivity contribution in [1.29, 1.82) is 0 Å². The van der Waals surface area contributed by atoms with E-state index < -0.39 is 0 Å². The Kier molecular flexibility index (Phi) is 5.49. The van der Waals surface area contributed by atoms with Gasteiger partial charge in [0.15, 0.2) is 0 Å². The van der Waals surface area contributed by atoms with Crippen LogP contribution < -0.4 is 11.3 Å². The minimum atomic E-state index is 0. The number of hydrazine groups is 1. The second-order valence-corrected chi connectivity index (χ2v) is 2.58. The number of hydrogen-bond acceptors (Lipinski definition) is 3. The molecule has 0 aliphatic carbocycles. The first-order valence-corrected chi connectivity index (χ1v) is 3.76. The van der Waals surface area contributed by atoms with Gasteiger partial charge >= 0.3 is 0 Å². The Hall–Kier alpha value is -0.810. The number of nitrogens with zero attached hydrogens (tertiary/aromatic N) is 2. The van der Waals surface area contributed by atoms with Crippen LogP contribution in [0.1, 0.15) is 5.69 Å². The van der Waals surface area contributed by atoms with Crippen molar-refractivity contribution in [3.05, 3.63) is 36.3 Å². The number of aromatic nitrogens is 2. The van der Waals surface area contributed by atoms with Gasteiger partial charge in [0.2, 0.25) is 0 Å². The summed E-state index contributed by atoms with van der Waals surface area (Å²) in [5, 5.41) is 0. The maximum atomic E-state index is 5.18. The van der Waals surface area contributed by atoms with Crippen molar-refractivity contribution in [2.24, 2.45) is 5.84 Å². The Labute approximate surface area is 94.3 Å². The first-order valence-electron chi connectivity index (χ1n) is 3.76. The third-order valence-electron chi connectivity index (χ3n) is 1.70. The van der Waals surface area contributed by atoms with Crippen molar-refractivity contribution < 1.29 is 0 Å². The topological polar surface area (TPSA) is 55.3 Å². The van der Waals surface area contributed by atoms with E-state index in [2.05, 4.69) is 10.4 Å². The van der Waals surface area contributed by atoms with Crippen molar-refractivity contribution in [1.82, 2.24) is 14.8 Å². The third kappa shape index (κ3) is 2.59. The molecule has 2 rings (SSSR count). The number of halogens is 2. The number of nitrogens with one attached hydrogen (secondary N) is 1. The number of fused-ring (bicyclic) bond motifs is 1. The molecule has 0 aromatic carbocycles. The number of nitrogens with two attached hydrogens (primary N) is 1. The highest BCUT2D eigenvalue weighted by Crippen LogP contribution is 2.03. The van der Waals surface area contributed by atoms with E-state index >= 15 is 0 Å². The smallest absolute Gasteiger partial charge is 0.137 e. The molecule has 2 aromatic rings. The molecule has 6 heteroatoms. The van der Waals surface area contributed by atoms with Gasteiger partial charge in [0.25, 0.3) is 0 Å². The molecule has 0 bridgehead atoms. The standard InChI is InChI=1S/C8H10N4.2ClH/c9-10-5-7-6-12-4-2-1-3-8(12)11-7;;/h1-4,6,10H,5,9H2;2*1H. The van der Waals surface area contributed by atoms with E-state index in [0.29, 0.717) is 6.54 Å². The van der Waals surface area contributed by atoms with Crippen molar-refractivity contribution in [3.8, 4) is 0 Å². The molecule has 0 radical (unpaired) electrons. The van der Waals surface area contributed by atoms with Crippen LogP contribution in [0.5, 0.6) is 0 Å². The lowest BCUT2D eigenvalue weighted by Crippen LogP contribution is -2.20. The van der Waals surface area contributed by atoms with Gasteiger partial charge in [-0.15, -0.1) is 24.8 Å². The molecule has 0 saturated heterocycles. The highest BCUT2D eigenvalue weighted by molar-refractivity contribution is 5.85. The average molecular weight is 235 g/mol. The number of pyridine rings is 1. The van der Waals surface area contributed by atoms with Crippen molar-refractivity contribution in [2.45, 2.75) is 6.54 Å². The zero-order valence-electron chi connectivity index (χ0n) is 7.38. The summed E-state index contributed by atoms with van der Waals surface area (Å²) in [6, 6.07) is 5.89. The molecule has 4 nitrogen and oxygen atoms in total. The molecule has 0 amide bonds. The van der Waals surface area contributed by atoms with Gasteiger partial charge in [-0.05, 0) is 12.1 Å². The lowest BCUT2D eigenvalue weighted by Gasteiger charge is -1.88. The maximum absolute atomic E-state index is 5.18. The van der Waals surface area contributed by atoms with Crippen molar-refractivity contribution >= 4 is 30.5 Å². The Bertz CT molecular complexity index is 354. The molecule has 14 heavy (non-hydrogen) atoms. The van der Waals surface area contributed by atoms with Gasteiger partial charge in [-0.3, -0.25) is 11.3 Å². The molecule has 2 aromatic heterocycles. The van der Waals surface area contributed by atoms with Crippen LogP contribution in [0.25, 0.3) is 5.65 Å². The largest absolute Gasteiger partial charge is 0.307 e. The zero-order valence-corrected chi connectivity index (χ0v) is 9.02. The van der Waals surface area contributed by atoms with Gasteiger partial charge in [-0.1, -0.05) is 6.07 Å². The van der Waals surface area contributed by atoms with E-state index in [0.717, 1.165) is 11.3 Å². The summed E-state index contributed by atoms with van der Waals surface area (Å²) in [4.78, 5) is 4.32. The molecular formula is C8H12Cl2N4. The second kappa shape index (κ2) is 5.82. The molecule has 3 N–H and O–H groups in total. The van der Waals surface area contributed by atoms with Gasteiger partial charge in [-0.2, -0.15) is 0 Å². The van der Waals surface area contributed by atoms with Gasteiger partial charge in [0, 0.05) is 12.4 Å². The van der Waals surface area contributed by atoms with Crippen LogP contribution in [0.4, 0.5) is 0 Å². The van der Waals surface area contributed by atoms with E-state index in [-0.39, 0.29) is 24.8 Å². The molecule has 0 aliphatic heterocycles. The molecular weight excluding hydrogens is 223 g/mol. The van der Waals surface area contributed by atoms with E-state index in [9.17, 15) is 0 Å². The molecule has 0 spiro atoms. The molecule has 78 valence electrons. The summed E-state index contributed by atoms with van der Waals surface area (Å²) >= 11 is 0. The molecule has 0 atom stereocenters. The van der Waals surface area contributed by atoms with Crippen molar-refractivity contribution in [2.75, 3.05) is 0 Å². The van der Waals surface area contributed by atoms with Crippen molar-refractivity contribution in [3.63, 3.8) is 0 Å². The Morgan fingerprint density at radius 2 is 2.14 bits per heavy atom. The lowest BCUT2D eigenvalue weighted by atomic mass is 10.5. The van der Waals surface area contributed by atoms with E-state index in [1.54, 1.807) is 0 Å². The number of hydrogen-bond donors (Lipinski definition) is 2. The van der Waals surface area contributed by atoms with Crippen LogP contribution in [0.3, 0.4) is 0 Å². The van der Waals surface area contributed by atoms with E-state index in [4.69, 9.17) is 5.84 Å².